The zero-order valence-corrected chi connectivity index (χ0v) is 21.7. The van der Waals surface area contributed by atoms with Crippen LogP contribution in [0.1, 0.15) is 36.1 Å². The van der Waals surface area contributed by atoms with Gasteiger partial charge in [-0.1, -0.05) is 54.6 Å². The molecular formula is C25H38IN5O. The van der Waals surface area contributed by atoms with E-state index in [2.05, 4.69) is 58.7 Å². The van der Waals surface area contributed by atoms with Gasteiger partial charge in [-0.15, -0.1) is 24.0 Å². The maximum absolute atomic E-state index is 10.3. The lowest BCUT2D eigenvalue weighted by Gasteiger charge is -2.32. The van der Waals surface area contributed by atoms with Gasteiger partial charge in [0.05, 0.1) is 12.6 Å². The molecule has 176 valence electrons. The SMILES string of the molecule is CCNC(=NCc1ccc(CN2CCN(C)CC2)cc1)NCCC(O)c1ccccc1.I. The maximum atomic E-state index is 10.3. The quantitative estimate of drug-likeness (QED) is 0.254. The number of halogens is 1. The molecule has 2 aromatic rings. The van der Waals surface area contributed by atoms with E-state index < -0.39 is 6.10 Å². The summed E-state index contributed by atoms with van der Waals surface area (Å²) >= 11 is 0. The van der Waals surface area contributed by atoms with Crippen molar-refractivity contribution in [2.75, 3.05) is 46.3 Å². The number of rotatable bonds is 9. The first-order valence-electron chi connectivity index (χ1n) is 11.4. The van der Waals surface area contributed by atoms with Crippen LogP contribution in [0.25, 0.3) is 0 Å². The van der Waals surface area contributed by atoms with E-state index in [4.69, 9.17) is 4.99 Å². The summed E-state index contributed by atoms with van der Waals surface area (Å²) in [6, 6.07) is 18.6. The minimum absolute atomic E-state index is 0. The van der Waals surface area contributed by atoms with Crippen molar-refractivity contribution in [3.8, 4) is 0 Å². The lowest BCUT2D eigenvalue weighted by Crippen LogP contribution is -2.43. The summed E-state index contributed by atoms with van der Waals surface area (Å²) in [7, 11) is 2.19. The predicted molar refractivity (Wildman–Crippen MR) is 143 cm³/mol. The molecule has 3 rings (SSSR count). The number of hydrogen-bond acceptors (Lipinski definition) is 4. The van der Waals surface area contributed by atoms with Gasteiger partial charge < -0.3 is 20.6 Å². The second-order valence-electron chi connectivity index (χ2n) is 8.23. The van der Waals surface area contributed by atoms with E-state index in [9.17, 15) is 5.11 Å². The van der Waals surface area contributed by atoms with Crippen molar-refractivity contribution in [2.45, 2.75) is 32.5 Å². The van der Waals surface area contributed by atoms with Crippen LogP contribution in [0.15, 0.2) is 59.6 Å². The summed E-state index contributed by atoms with van der Waals surface area (Å²) in [6.45, 7) is 9.74. The Morgan fingerprint density at radius 3 is 2.28 bits per heavy atom. The van der Waals surface area contributed by atoms with Gasteiger partial charge >= 0.3 is 0 Å². The molecule has 1 heterocycles. The van der Waals surface area contributed by atoms with Crippen LogP contribution >= 0.6 is 24.0 Å². The van der Waals surface area contributed by atoms with Crippen molar-refractivity contribution in [3.05, 3.63) is 71.3 Å². The molecule has 1 aliphatic heterocycles. The number of benzene rings is 2. The molecule has 0 saturated carbocycles. The Balaban J connectivity index is 0.00000363. The van der Waals surface area contributed by atoms with Crippen molar-refractivity contribution in [2.24, 2.45) is 4.99 Å². The Kier molecular flexibility index (Phi) is 12.0. The topological polar surface area (TPSA) is 63.1 Å². The fourth-order valence-corrected chi connectivity index (χ4v) is 3.70. The minimum Gasteiger partial charge on any atom is -0.388 e. The zero-order chi connectivity index (χ0) is 21.9. The molecule has 2 aromatic carbocycles. The third-order valence-corrected chi connectivity index (χ3v) is 5.68. The van der Waals surface area contributed by atoms with Gasteiger partial charge in [-0.2, -0.15) is 0 Å². The van der Waals surface area contributed by atoms with E-state index in [0.717, 1.165) is 50.8 Å². The van der Waals surface area contributed by atoms with Crippen LogP contribution in [0.4, 0.5) is 0 Å². The van der Waals surface area contributed by atoms with Crippen molar-refractivity contribution >= 4 is 29.9 Å². The molecule has 3 N–H and O–H groups in total. The maximum Gasteiger partial charge on any atom is 0.191 e. The lowest BCUT2D eigenvalue weighted by molar-refractivity contribution is 0.148. The summed E-state index contributed by atoms with van der Waals surface area (Å²) in [4.78, 5) is 9.61. The molecule has 0 spiro atoms. The minimum atomic E-state index is -0.468. The van der Waals surface area contributed by atoms with E-state index in [1.165, 1.54) is 11.1 Å². The van der Waals surface area contributed by atoms with Gasteiger partial charge in [-0.05, 0) is 37.1 Å². The molecule has 7 heteroatoms. The van der Waals surface area contributed by atoms with Crippen LogP contribution in [0.5, 0.6) is 0 Å². The molecule has 0 aromatic heterocycles. The summed E-state index contributed by atoms with van der Waals surface area (Å²) in [6.07, 6.45) is 0.166. The van der Waals surface area contributed by atoms with Crippen molar-refractivity contribution in [1.82, 2.24) is 20.4 Å². The molecule has 1 fully saturated rings. The van der Waals surface area contributed by atoms with Crippen LogP contribution in [-0.4, -0.2) is 67.2 Å². The second-order valence-corrected chi connectivity index (χ2v) is 8.23. The van der Waals surface area contributed by atoms with Crippen LogP contribution in [0.2, 0.25) is 0 Å². The average molecular weight is 552 g/mol. The summed E-state index contributed by atoms with van der Waals surface area (Å²) in [5, 5.41) is 16.9. The monoisotopic (exact) mass is 551 g/mol. The smallest absolute Gasteiger partial charge is 0.191 e. The van der Waals surface area contributed by atoms with Gasteiger partial charge in [-0.3, -0.25) is 4.90 Å². The van der Waals surface area contributed by atoms with Crippen LogP contribution in [-0.2, 0) is 13.1 Å². The molecule has 32 heavy (non-hydrogen) atoms. The van der Waals surface area contributed by atoms with Gasteiger partial charge in [0.25, 0.3) is 0 Å². The number of aliphatic hydroxyl groups is 1. The molecule has 1 saturated heterocycles. The zero-order valence-electron chi connectivity index (χ0n) is 19.3. The van der Waals surface area contributed by atoms with Crippen molar-refractivity contribution in [1.29, 1.82) is 0 Å². The Bertz CT molecular complexity index is 792. The summed E-state index contributed by atoms with van der Waals surface area (Å²) in [5.74, 6) is 0.782. The number of hydrogen-bond donors (Lipinski definition) is 3. The van der Waals surface area contributed by atoms with E-state index in [-0.39, 0.29) is 24.0 Å². The number of likely N-dealkylation sites (N-methyl/N-ethyl adjacent to an activating group) is 1. The molecule has 6 nitrogen and oxygen atoms in total. The molecule has 1 unspecified atom stereocenters. The summed E-state index contributed by atoms with van der Waals surface area (Å²) < 4.78 is 0. The Labute approximate surface area is 210 Å². The first kappa shape index (κ1) is 26.6. The first-order chi connectivity index (χ1) is 15.1. The fraction of sp³-hybridized carbons (Fsp3) is 0.480. The van der Waals surface area contributed by atoms with Gasteiger partial charge in [-0.25, -0.2) is 4.99 Å². The van der Waals surface area contributed by atoms with Gasteiger partial charge in [0.1, 0.15) is 0 Å². The molecule has 0 radical (unpaired) electrons. The Morgan fingerprint density at radius 2 is 1.62 bits per heavy atom. The number of guanidine groups is 1. The largest absolute Gasteiger partial charge is 0.388 e. The summed E-state index contributed by atoms with van der Waals surface area (Å²) in [5.41, 5.74) is 3.50. The number of nitrogens with zero attached hydrogens (tertiary/aromatic N) is 3. The third kappa shape index (κ3) is 9.05. The molecular weight excluding hydrogens is 513 g/mol. The molecule has 0 bridgehead atoms. The highest BCUT2D eigenvalue weighted by atomic mass is 127. The molecule has 0 amide bonds. The number of aliphatic imine (C=N–C) groups is 1. The highest BCUT2D eigenvalue weighted by Crippen LogP contribution is 2.15. The second kappa shape index (κ2) is 14.5. The van der Waals surface area contributed by atoms with E-state index in [0.29, 0.717) is 19.5 Å². The Hall–Kier alpha value is -1.68. The number of nitrogens with one attached hydrogen (secondary N) is 2. The predicted octanol–water partition coefficient (Wildman–Crippen LogP) is 3.23. The number of piperazine rings is 1. The van der Waals surface area contributed by atoms with Crippen LogP contribution in [0.3, 0.4) is 0 Å². The van der Waals surface area contributed by atoms with Gasteiger partial charge in [0.15, 0.2) is 5.96 Å². The van der Waals surface area contributed by atoms with Crippen LogP contribution in [0, 0.1) is 0 Å². The normalized spacial score (nSPS) is 16.3. The van der Waals surface area contributed by atoms with E-state index >= 15 is 0 Å². The standard InChI is InChI=1S/C25H37N5O.HI/c1-3-26-25(27-14-13-24(31)23-7-5-4-6-8-23)28-19-21-9-11-22(12-10-21)20-30-17-15-29(2)16-18-30;/h4-12,24,31H,3,13-20H2,1-2H3,(H2,26,27,28);1H. The van der Waals surface area contributed by atoms with E-state index in [1.54, 1.807) is 0 Å². The highest BCUT2D eigenvalue weighted by molar-refractivity contribution is 14.0. The molecule has 1 aliphatic rings. The van der Waals surface area contributed by atoms with Crippen LogP contribution < -0.4 is 10.6 Å². The number of aliphatic hydroxyl groups excluding tert-OH is 1. The Morgan fingerprint density at radius 1 is 0.969 bits per heavy atom. The lowest BCUT2D eigenvalue weighted by atomic mass is 10.1. The van der Waals surface area contributed by atoms with E-state index in [1.807, 2.05) is 30.3 Å². The van der Waals surface area contributed by atoms with Crippen molar-refractivity contribution in [3.63, 3.8) is 0 Å². The average Bonchev–Trinajstić information content (AvgIpc) is 2.80. The fourth-order valence-electron chi connectivity index (χ4n) is 3.70. The van der Waals surface area contributed by atoms with Crippen molar-refractivity contribution < 1.29 is 5.11 Å². The highest BCUT2D eigenvalue weighted by Gasteiger charge is 2.13. The van der Waals surface area contributed by atoms with Gasteiger partial charge in [0.2, 0.25) is 0 Å². The molecule has 1 atom stereocenters. The van der Waals surface area contributed by atoms with Gasteiger partial charge in [0, 0.05) is 45.8 Å². The first-order valence-corrected chi connectivity index (χ1v) is 11.4. The third-order valence-electron chi connectivity index (χ3n) is 5.68. The molecule has 0 aliphatic carbocycles.